The molecule has 1 aromatic rings. The molecular formula is C22H36N2O6. The Hall–Kier alpha value is -2.00. The molecule has 0 saturated heterocycles. The number of nitrogens with one attached hydrogen (secondary N) is 1. The number of benzene rings is 1. The van der Waals surface area contributed by atoms with Crippen LogP contribution in [0.15, 0.2) is 18.2 Å². The minimum atomic E-state index is -1.20. The molecule has 1 aromatic carbocycles. The molecule has 0 saturated carbocycles. The first-order valence-electron chi connectivity index (χ1n) is 10.6. The van der Waals surface area contributed by atoms with Gasteiger partial charge in [0.25, 0.3) is 11.8 Å². The van der Waals surface area contributed by atoms with Gasteiger partial charge in [-0.1, -0.05) is 13.8 Å². The molecule has 0 aliphatic heterocycles. The minimum absolute atomic E-state index is 0.00958. The highest BCUT2D eigenvalue weighted by atomic mass is 16.5. The van der Waals surface area contributed by atoms with Crippen molar-refractivity contribution >= 4 is 11.8 Å². The van der Waals surface area contributed by atoms with Crippen LogP contribution in [-0.2, 0) is 4.74 Å². The molecule has 0 aliphatic rings. The average Bonchev–Trinajstić information content (AvgIpc) is 2.73. The lowest BCUT2D eigenvalue weighted by Gasteiger charge is -2.22. The van der Waals surface area contributed by atoms with Crippen LogP contribution >= 0.6 is 0 Å². The first-order chi connectivity index (χ1) is 14.3. The van der Waals surface area contributed by atoms with Crippen molar-refractivity contribution < 1.29 is 29.6 Å². The van der Waals surface area contributed by atoms with Gasteiger partial charge in [-0.25, -0.2) is 0 Å². The van der Waals surface area contributed by atoms with Crippen LogP contribution in [0, 0.1) is 6.92 Å². The number of amides is 2. The first kappa shape index (κ1) is 26.0. The number of nitrogens with zero attached hydrogens (tertiary/aromatic N) is 1. The lowest BCUT2D eigenvalue weighted by atomic mass is 10.0. The van der Waals surface area contributed by atoms with Gasteiger partial charge in [-0.2, -0.15) is 0 Å². The molecule has 30 heavy (non-hydrogen) atoms. The molecule has 0 aliphatic carbocycles. The van der Waals surface area contributed by atoms with Gasteiger partial charge in [0.1, 0.15) is 6.10 Å². The molecule has 2 amide bonds. The van der Waals surface area contributed by atoms with Crippen molar-refractivity contribution in [2.75, 3.05) is 39.5 Å². The third-order valence-corrected chi connectivity index (χ3v) is 4.51. The summed E-state index contributed by atoms with van der Waals surface area (Å²) in [7, 11) is 0. The van der Waals surface area contributed by atoms with Crippen molar-refractivity contribution in [3.05, 3.63) is 34.9 Å². The van der Waals surface area contributed by atoms with E-state index < -0.39 is 18.1 Å². The first-order valence-corrected chi connectivity index (χ1v) is 10.6. The summed E-state index contributed by atoms with van der Waals surface area (Å²) in [6.07, 6.45) is -0.195. The second-order valence-electron chi connectivity index (χ2n) is 7.38. The fourth-order valence-corrected chi connectivity index (χ4v) is 2.99. The summed E-state index contributed by atoms with van der Waals surface area (Å²) in [5.41, 5.74) is 1.57. The molecule has 0 radical (unpaired) electrons. The summed E-state index contributed by atoms with van der Waals surface area (Å²) >= 11 is 0. The molecule has 4 N–H and O–H groups in total. The van der Waals surface area contributed by atoms with Crippen LogP contribution in [0.25, 0.3) is 0 Å². The Morgan fingerprint density at radius 3 is 2.30 bits per heavy atom. The Balaban J connectivity index is 2.73. The smallest absolute Gasteiger partial charge is 0.253 e. The molecule has 0 heterocycles. The standard InChI is InChI=1S/C22H36N2O6/c1-4-7-24(8-5-2)22(29)18-12-16(3)11-17(13-18)21(28)23-14-19(26)20(27)15-30-10-6-9-25/h11-13,19-20,25-27H,4-10,14-15H2,1-3H3,(H,23,28). The monoisotopic (exact) mass is 424 g/mol. The number of aryl methyl sites for hydroxylation is 1. The SMILES string of the molecule is CCCN(CCC)C(=O)c1cc(C)cc(C(=O)NCC(O)C(O)COCCCO)c1. The maximum atomic E-state index is 12.8. The van der Waals surface area contributed by atoms with E-state index >= 15 is 0 Å². The lowest BCUT2D eigenvalue weighted by Crippen LogP contribution is -2.41. The number of rotatable bonds is 14. The molecule has 0 bridgehead atoms. The predicted molar refractivity (Wildman–Crippen MR) is 115 cm³/mol. The van der Waals surface area contributed by atoms with Gasteiger partial charge >= 0.3 is 0 Å². The van der Waals surface area contributed by atoms with Crippen molar-refractivity contribution in [3.8, 4) is 0 Å². The summed E-state index contributed by atoms with van der Waals surface area (Å²) in [5.74, 6) is -0.537. The maximum Gasteiger partial charge on any atom is 0.253 e. The van der Waals surface area contributed by atoms with Crippen LogP contribution in [-0.4, -0.2) is 83.7 Å². The van der Waals surface area contributed by atoms with Gasteiger partial charge in [0.05, 0.1) is 12.7 Å². The maximum absolute atomic E-state index is 12.8. The highest BCUT2D eigenvalue weighted by Crippen LogP contribution is 2.13. The number of hydrogen-bond acceptors (Lipinski definition) is 6. The zero-order chi connectivity index (χ0) is 22.5. The van der Waals surface area contributed by atoms with Crippen LogP contribution in [0.1, 0.15) is 59.4 Å². The van der Waals surface area contributed by atoms with E-state index in [0.29, 0.717) is 30.6 Å². The Morgan fingerprint density at radius 2 is 1.70 bits per heavy atom. The fraction of sp³-hybridized carbons (Fsp3) is 0.636. The highest BCUT2D eigenvalue weighted by Gasteiger charge is 2.20. The van der Waals surface area contributed by atoms with Crippen LogP contribution in [0.2, 0.25) is 0 Å². The van der Waals surface area contributed by atoms with Gasteiger partial charge in [0.2, 0.25) is 0 Å². The zero-order valence-corrected chi connectivity index (χ0v) is 18.3. The van der Waals surface area contributed by atoms with Crippen molar-refractivity contribution in [3.63, 3.8) is 0 Å². The van der Waals surface area contributed by atoms with E-state index in [4.69, 9.17) is 9.84 Å². The van der Waals surface area contributed by atoms with Crippen molar-refractivity contribution in [2.45, 2.75) is 52.2 Å². The largest absolute Gasteiger partial charge is 0.396 e. The highest BCUT2D eigenvalue weighted by molar-refractivity contribution is 6.00. The molecule has 2 unspecified atom stereocenters. The summed E-state index contributed by atoms with van der Waals surface area (Å²) in [6, 6.07) is 5.00. The van der Waals surface area contributed by atoms with Gasteiger partial charge in [-0.3, -0.25) is 9.59 Å². The molecule has 170 valence electrons. The lowest BCUT2D eigenvalue weighted by molar-refractivity contribution is -0.0379. The summed E-state index contributed by atoms with van der Waals surface area (Å²) in [6.45, 7) is 7.19. The number of carbonyl (C=O) groups is 2. The Morgan fingerprint density at radius 1 is 1.07 bits per heavy atom. The molecule has 1 rings (SSSR count). The van der Waals surface area contributed by atoms with Gasteiger partial charge in [-0.15, -0.1) is 0 Å². The molecule has 8 heteroatoms. The van der Waals surface area contributed by atoms with Crippen molar-refractivity contribution in [2.24, 2.45) is 0 Å². The number of aliphatic hydroxyl groups excluding tert-OH is 3. The van der Waals surface area contributed by atoms with E-state index in [0.717, 1.165) is 18.4 Å². The van der Waals surface area contributed by atoms with Crippen LogP contribution in [0.4, 0.5) is 0 Å². The summed E-state index contributed by atoms with van der Waals surface area (Å²) in [5, 5.41) is 31.2. The second kappa shape index (κ2) is 14.1. The van der Waals surface area contributed by atoms with Gasteiger partial charge in [-0.05, 0) is 49.9 Å². The van der Waals surface area contributed by atoms with E-state index in [9.17, 15) is 19.8 Å². The van der Waals surface area contributed by atoms with Gasteiger partial charge < -0.3 is 30.3 Å². The zero-order valence-electron chi connectivity index (χ0n) is 18.3. The number of hydrogen-bond donors (Lipinski definition) is 4. The average molecular weight is 425 g/mol. The second-order valence-corrected chi connectivity index (χ2v) is 7.38. The summed E-state index contributed by atoms with van der Waals surface area (Å²) < 4.78 is 5.14. The van der Waals surface area contributed by atoms with E-state index in [-0.39, 0.29) is 32.3 Å². The van der Waals surface area contributed by atoms with Crippen molar-refractivity contribution in [1.29, 1.82) is 0 Å². The van der Waals surface area contributed by atoms with E-state index in [1.54, 1.807) is 23.1 Å². The number of ether oxygens (including phenoxy) is 1. The third kappa shape index (κ3) is 8.79. The molecule has 0 aromatic heterocycles. The molecule has 2 atom stereocenters. The Bertz CT molecular complexity index is 661. The minimum Gasteiger partial charge on any atom is -0.396 e. The molecule has 8 nitrogen and oxygen atoms in total. The quantitative estimate of drug-likeness (QED) is 0.332. The van der Waals surface area contributed by atoms with Gasteiger partial charge in [0, 0.05) is 44.0 Å². The van der Waals surface area contributed by atoms with Crippen LogP contribution in [0.5, 0.6) is 0 Å². The van der Waals surface area contributed by atoms with Crippen LogP contribution < -0.4 is 5.32 Å². The Labute approximate surface area is 178 Å². The van der Waals surface area contributed by atoms with E-state index in [1.165, 1.54) is 0 Å². The fourth-order valence-electron chi connectivity index (χ4n) is 2.99. The molecule has 0 spiro atoms. The van der Waals surface area contributed by atoms with E-state index in [2.05, 4.69) is 5.32 Å². The van der Waals surface area contributed by atoms with Crippen molar-refractivity contribution in [1.82, 2.24) is 10.2 Å². The normalized spacial score (nSPS) is 13.0. The topological polar surface area (TPSA) is 119 Å². The third-order valence-electron chi connectivity index (χ3n) is 4.51. The van der Waals surface area contributed by atoms with Crippen LogP contribution in [0.3, 0.4) is 0 Å². The molecular weight excluding hydrogens is 388 g/mol. The van der Waals surface area contributed by atoms with Gasteiger partial charge in [0.15, 0.2) is 0 Å². The van der Waals surface area contributed by atoms with E-state index in [1.807, 2.05) is 20.8 Å². The summed E-state index contributed by atoms with van der Waals surface area (Å²) in [4.78, 5) is 27.2. The Kier molecular flexibility index (Phi) is 12.2. The predicted octanol–water partition coefficient (Wildman–Crippen LogP) is 1.11. The molecule has 0 fully saturated rings. The number of carbonyl (C=O) groups excluding carboxylic acids is 2. The number of aliphatic hydroxyl groups is 3.